The Morgan fingerprint density at radius 2 is 1.91 bits per heavy atom. The van der Waals surface area contributed by atoms with Gasteiger partial charge in [0.25, 0.3) is 0 Å². The van der Waals surface area contributed by atoms with Gasteiger partial charge in [-0.1, -0.05) is 6.07 Å². The van der Waals surface area contributed by atoms with Crippen LogP contribution in [0.5, 0.6) is 11.5 Å². The Hall–Kier alpha value is -4.78. The molecule has 248 valence electrons. The SMILES string of the molecule is Cc1ccc(F)c(N(C)C(=O)Nc2ccc(Oc3ccnc(-c4cc(C(O)NCCCC(=O)N5CCCC(O)C5)cn4C)c3)cc2)c1. The summed E-state index contributed by atoms with van der Waals surface area (Å²) in [6, 6.07) is 16.3. The summed E-state index contributed by atoms with van der Waals surface area (Å²) in [4.78, 5) is 32.6. The van der Waals surface area contributed by atoms with Crippen LogP contribution in [-0.2, 0) is 11.8 Å². The van der Waals surface area contributed by atoms with E-state index in [4.69, 9.17) is 4.74 Å². The Kier molecular flexibility index (Phi) is 10.9. The van der Waals surface area contributed by atoms with E-state index >= 15 is 0 Å². The number of hydrogen-bond acceptors (Lipinski definition) is 7. The molecule has 0 bridgehead atoms. The molecule has 1 aliphatic rings. The first-order chi connectivity index (χ1) is 22.6. The minimum absolute atomic E-state index is 0.0254. The molecule has 2 aromatic carbocycles. The summed E-state index contributed by atoms with van der Waals surface area (Å²) in [5.41, 5.74) is 3.64. The predicted molar refractivity (Wildman–Crippen MR) is 178 cm³/mol. The van der Waals surface area contributed by atoms with Gasteiger partial charge in [0.2, 0.25) is 5.91 Å². The summed E-state index contributed by atoms with van der Waals surface area (Å²) in [5, 5.41) is 26.4. The second kappa shape index (κ2) is 15.2. The number of amides is 3. The first kappa shape index (κ1) is 33.6. The van der Waals surface area contributed by atoms with Crippen molar-refractivity contribution in [3.05, 3.63) is 90.0 Å². The van der Waals surface area contributed by atoms with Gasteiger partial charge in [-0.2, -0.15) is 0 Å². The highest BCUT2D eigenvalue weighted by atomic mass is 19.1. The van der Waals surface area contributed by atoms with E-state index in [1.54, 1.807) is 59.6 Å². The standard InChI is InChI=1S/C35H41FN6O5/c1-23-8-13-29(36)31(18-23)41(3)35(46)39-25-9-11-27(12-10-25)47-28-14-16-37-30(20-28)32-19-24(21-40(32)2)34(45)38-15-4-7-33(44)42-17-5-6-26(43)22-42/h8-14,16,18-21,26,34,38,43,45H,4-7,15,17,22H2,1-3H3,(H,39,46). The van der Waals surface area contributed by atoms with Gasteiger partial charge in [-0.3, -0.25) is 20.0 Å². The maximum atomic E-state index is 14.2. The number of anilines is 2. The lowest BCUT2D eigenvalue weighted by atomic mass is 10.1. The zero-order chi connectivity index (χ0) is 33.5. The van der Waals surface area contributed by atoms with Gasteiger partial charge in [-0.25, -0.2) is 9.18 Å². The third-order valence-electron chi connectivity index (χ3n) is 8.10. The highest BCUT2D eigenvalue weighted by Gasteiger charge is 2.22. The van der Waals surface area contributed by atoms with Crippen LogP contribution in [0.3, 0.4) is 0 Å². The molecule has 1 aliphatic heterocycles. The van der Waals surface area contributed by atoms with Gasteiger partial charge in [0.05, 0.1) is 23.2 Å². The van der Waals surface area contributed by atoms with E-state index in [1.165, 1.54) is 18.0 Å². The number of carbonyl (C=O) groups is 2. The maximum absolute atomic E-state index is 14.2. The topological polar surface area (TPSA) is 132 Å². The Balaban J connectivity index is 1.14. The first-order valence-corrected chi connectivity index (χ1v) is 15.7. The molecule has 47 heavy (non-hydrogen) atoms. The molecule has 0 saturated carbocycles. The number of likely N-dealkylation sites (tertiary alicyclic amines) is 1. The lowest BCUT2D eigenvalue weighted by Gasteiger charge is -2.30. The number of piperidine rings is 1. The Labute approximate surface area is 273 Å². The van der Waals surface area contributed by atoms with E-state index in [0.29, 0.717) is 60.9 Å². The van der Waals surface area contributed by atoms with Gasteiger partial charge in [-0.05, 0) is 86.8 Å². The summed E-state index contributed by atoms with van der Waals surface area (Å²) >= 11 is 0. The van der Waals surface area contributed by atoms with Crippen LogP contribution in [0.15, 0.2) is 73.1 Å². The number of hydrogen-bond donors (Lipinski definition) is 4. The summed E-state index contributed by atoms with van der Waals surface area (Å²) in [6.45, 7) is 3.37. The van der Waals surface area contributed by atoms with E-state index in [0.717, 1.165) is 24.1 Å². The molecule has 3 amide bonds. The average molecular weight is 645 g/mol. The van der Waals surface area contributed by atoms with Crippen molar-refractivity contribution in [3.63, 3.8) is 0 Å². The lowest BCUT2D eigenvalue weighted by Crippen LogP contribution is -2.42. The van der Waals surface area contributed by atoms with Crippen LogP contribution in [0.25, 0.3) is 11.4 Å². The molecule has 0 aliphatic carbocycles. The second-order valence-corrected chi connectivity index (χ2v) is 11.8. The number of nitrogens with zero attached hydrogens (tertiary/aromatic N) is 4. The minimum atomic E-state index is -0.920. The van der Waals surface area contributed by atoms with Gasteiger partial charge < -0.3 is 29.7 Å². The number of rotatable bonds is 11. The van der Waals surface area contributed by atoms with E-state index < -0.39 is 24.2 Å². The first-order valence-electron chi connectivity index (χ1n) is 15.7. The van der Waals surface area contributed by atoms with Crippen LogP contribution in [0.2, 0.25) is 0 Å². The number of pyridine rings is 1. The van der Waals surface area contributed by atoms with Crippen LogP contribution in [0.1, 0.15) is 43.0 Å². The van der Waals surface area contributed by atoms with Crippen LogP contribution >= 0.6 is 0 Å². The Morgan fingerprint density at radius 1 is 1.13 bits per heavy atom. The predicted octanol–water partition coefficient (Wildman–Crippen LogP) is 5.34. The quantitative estimate of drug-likeness (QED) is 0.128. The summed E-state index contributed by atoms with van der Waals surface area (Å²) in [7, 11) is 3.37. The fraction of sp³-hybridized carbons (Fsp3) is 0.343. The number of carbonyl (C=O) groups excluding carboxylic acids is 2. The molecule has 2 unspecified atom stereocenters. The minimum Gasteiger partial charge on any atom is -0.457 e. The number of β-amino-alcohol motifs (C(OH)–C–C–N with tert-alkyl or cyclic N) is 1. The molecule has 1 saturated heterocycles. The van der Waals surface area contributed by atoms with Crippen molar-refractivity contribution >= 4 is 23.3 Å². The Morgan fingerprint density at radius 3 is 2.68 bits per heavy atom. The highest BCUT2D eigenvalue weighted by Crippen LogP contribution is 2.29. The average Bonchev–Trinajstić information content (AvgIpc) is 3.46. The van der Waals surface area contributed by atoms with Crippen LogP contribution in [0, 0.1) is 12.7 Å². The number of halogens is 1. The molecule has 0 radical (unpaired) electrons. The molecule has 12 heteroatoms. The van der Waals surface area contributed by atoms with Gasteiger partial charge in [0.1, 0.15) is 23.5 Å². The number of aliphatic hydroxyl groups excluding tert-OH is 2. The van der Waals surface area contributed by atoms with Crippen molar-refractivity contribution in [2.24, 2.45) is 7.05 Å². The molecule has 5 rings (SSSR count). The normalized spacial score (nSPS) is 15.3. The molecule has 4 aromatic rings. The zero-order valence-electron chi connectivity index (χ0n) is 26.8. The number of aryl methyl sites for hydroxylation is 2. The third kappa shape index (κ3) is 8.73. The van der Waals surface area contributed by atoms with Gasteiger partial charge in [0.15, 0.2) is 0 Å². The second-order valence-electron chi connectivity index (χ2n) is 11.8. The summed E-state index contributed by atoms with van der Waals surface area (Å²) < 4.78 is 22.2. The number of ether oxygens (including phenoxy) is 1. The smallest absolute Gasteiger partial charge is 0.326 e. The van der Waals surface area contributed by atoms with E-state index in [1.807, 2.05) is 30.8 Å². The molecule has 11 nitrogen and oxygen atoms in total. The summed E-state index contributed by atoms with van der Waals surface area (Å²) in [5.74, 6) is 0.635. The van der Waals surface area contributed by atoms with Gasteiger partial charge >= 0.3 is 6.03 Å². The Bertz CT molecular complexity index is 1690. The molecule has 3 heterocycles. The molecular formula is C35H41FN6O5. The number of urea groups is 1. The largest absolute Gasteiger partial charge is 0.457 e. The number of nitrogens with one attached hydrogen (secondary N) is 2. The van der Waals surface area contributed by atoms with Crippen LogP contribution in [0.4, 0.5) is 20.6 Å². The van der Waals surface area contributed by atoms with E-state index in [-0.39, 0.29) is 11.6 Å². The molecule has 4 N–H and O–H groups in total. The third-order valence-corrected chi connectivity index (χ3v) is 8.10. The lowest BCUT2D eigenvalue weighted by molar-refractivity contribution is -0.134. The fourth-order valence-electron chi connectivity index (χ4n) is 5.48. The van der Waals surface area contributed by atoms with Crippen molar-refractivity contribution in [2.45, 2.75) is 44.9 Å². The number of aliphatic hydroxyl groups is 2. The molecule has 1 fully saturated rings. The van der Waals surface area contributed by atoms with Crippen molar-refractivity contribution in [1.82, 2.24) is 19.8 Å². The van der Waals surface area contributed by atoms with Crippen LogP contribution in [-0.4, -0.2) is 69.4 Å². The van der Waals surface area contributed by atoms with Gasteiger partial charge in [-0.15, -0.1) is 0 Å². The monoisotopic (exact) mass is 644 g/mol. The van der Waals surface area contributed by atoms with Crippen LogP contribution < -0.4 is 20.3 Å². The maximum Gasteiger partial charge on any atom is 0.326 e. The highest BCUT2D eigenvalue weighted by molar-refractivity contribution is 6.01. The van der Waals surface area contributed by atoms with Crippen molar-refractivity contribution < 1.29 is 28.9 Å². The molecule has 2 atom stereocenters. The van der Waals surface area contributed by atoms with E-state index in [2.05, 4.69) is 15.6 Å². The number of aromatic nitrogens is 2. The summed E-state index contributed by atoms with van der Waals surface area (Å²) in [6.07, 6.45) is 4.57. The molecule has 2 aromatic heterocycles. The molecule has 0 spiro atoms. The zero-order valence-corrected chi connectivity index (χ0v) is 26.8. The number of benzene rings is 2. The fourth-order valence-corrected chi connectivity index (χ4v) is 5.48. The van der Waals surface area contributed by atoms with Crippen molar-refractivity contribution in [2.75, 3.05) is 36.9 Å². The molecular weight excluding hydrogens is 603 g/mol. The van der Waals surface area contributed by atoms with Gasteiger partial charge in [0, 0.05) is 63.3 Å². The van der Waals surface area contributed by atoms with Crippen molar-refractivity contribution in [3.8, 4) is 22.9 Å². The van der Waals surface area contributed by atoms with E-state index in [9.17, 15) is 24.2 Å². The van der Waals surface area contributed by atoms with Crippen molar-refractivity contribution in [1.29, 1.82) is 0 Å².